The van der Waals surface area contributed by atoms with Crippen molar-refractivity contribution in [1.29, 1.82) is 0 Å². The zero-order valence-corrected chi connectivity index (χ0v) is 41.5. The van der Waals surface area contributed by atoms with E-state index in [2.05, 4.69) is 38.2 Å². The Hall–Kier alpha value is -1.51. The summed E-state index contributed by atoms with van der Waals surface area (Å²) in [4.78, 5) is 37.6. The summed E-state index contributed by atoms with van der Waals surface area (Å²) in [5.74, 6) is -0.826. The van der Waals surface area contributed by atoms with Gasteiger partial charge in [0.2, 0.25) is 0 Å². The number of phosphoric acid groups is 1. The average Bonchev–Trinajstić information content (AvgIpc) is 3.21. The summed E-state index contributed by atoms with van der Waals surface area (Å²) >= 11 is 0. The summed E-state index contributed by atoms with van der Waals surface area (Å²) in [6, 6.07) is 0. The fourth-order valence-corrected chi connectivity index (χ4v) is 7.94. The maximum Gasteiger partial charge on any atom is 0.306 e. The molecule has 0 spiro atoms. The first-order chi connectivity index (χ1) is 29.5. The van der Waals surface area contributed by atoms with Gasteiger partial charge < -0.3 is 27.9 Å². The van der Waals surface area contributed by atoms with Gasteiger partial charge in [0.15, 0.2) is 6.10 Å². The summed E-state index contributed by atoms with van der Waals surface area (Å²) < 4.78 is 34.0. The van der Waals surface area contributed by atoms with Gasteiger partial charge in [-0.2, -0.15) is 0 Å². The lowest BCUT2D eigenvalue weighted by molar-refractivity contribution is -0.870. The molecule has 0 N–H and O–H groups in total. The quantitative estimate of drug-likeness (QED) is 0.0195. The van der Waals surface area contributed by atoms with E-state index in [-0.39, 0.29) is 32.0 Å². The van der Waals surface area contributed by atoms with E-state index in [1.807, 2.05) is 21.1 Å². The maximum atomic E-state index is 12.7. The molecule has 10 heteroatoms. The van der Waals surface area contributed by atoms with Crippen LogP contribution in [0.25, 0.3) is 0 Å². The van der Waals surface area contributed by atoms with Gasteiger partial charge in [0.05, 0.1) is 27.7 Å². The number of hydrogen-bond donors (Lipinski definition) is 0. The Morgan fingerprint density at radius 3 is 1.30 bits per heavy atom. The highest BCUT2D eigenvalue weighted by molar-refractivity contribution is 7.45. The third-order valence-corrected chi connectivity index (χ3v) is 12.2. The van der Waals surface area contributed by atoms with Crippen LogP contribution in [0, 0.1) is 0 Å². The molecule has 61 heavy (non-hydrogen) atoms. The molecule has 0 aliphatic carbocycles. The molecule has 0 saturated heterocycles. The van der Waals surface area contributed by atoms with Gasteiger partial charge in [-0.15, -0.1) is 0 Å². The molecule has 0 aliphatic heterocycles. The summed E-state index contributed by atoms with van der Waals surface area (Å²) in [6.07, 6.45) is 49.4. The molecule has 0 aromatic carbocycles. The number of phosphoric ester groups is 1. The Balaban J connectivity index is 4.08. The molecule has 0 aromatic heterocycles. The first-order valence-corrected chi connectivity index (χ1v) is 27.0. The van der Waals surface area contributed by atoms with E-state index in [4.69, 9.17) is 18.5 Å². The Kier molecular flexibility index (Phi) is 42.6. The second kappa shape index (κ2) is 43.7. The molecule has 0 fully saturated rings. The van der Waals surface area contributed by atoms with Crippen molar-refractivity contribution in [2.45, 2.75) is 245 Å². The van der Waals surface area contributed by atoms with Gasteiger partial charge >= 0.3 is 11.9 Å². The summed E-state index contributed by atoms with van der Waals surface area (Å²) in [7, 11) is 1.18. The topological polar surface area (TPSA) is 111 Å². The standard InChI is InChI=1S/C51H98NO8P/c1-6-8-10-12-14-16-18-19-20-21-22-23-24-25-26-27-28-29-30-31-32-33-34-36-38-40-42-44-51(54)60-49(48-59-61(55,56)58-46-45-52(3,4)5)47-57-50(53)43-41-39-37-35-17-15-13-11-9-7-2/h18-19,21-22,49H,6-17,20,23-48H2,1-5H3/b19-18-,22-21-. The SMILES string of the molecule is CCCCCCC/C=C\C/C=C\CCCCCCCCCCCCCCCCCC(=O)OC(COC(=O)CCCCCCCCCCCC)COP(=O)([O-])OCC[N+](C)(C)C. The fourth-order valence-electron chi connectivity index (χ4n) is 7.22. The van der Waals surface area contributed by atoms with Crippen molar-refractivity contribution >= 4 is 19.8 Å². The monoisotopic (exact) mass is 884 g/mol. The molecule has 0 rings (SSSR count). The van der Waals surface area contributed by atoms with Crippen molar-refractivity contribution in [1.82, 2.24) is 0 Å². The molecule has 0 amide bonds. The molecule has 360 valence electrons. The largest absolute Gasteiger partial charge is 0.756 e. The van der Waals surface area contributed by atoms with E-state index >= 15 is 0 Å². The van der Waals surface area contributed by atoms with Crippen LogP contribution >= 0.6 is 7.82 Å². The predicted molar refractivity (Wildman–Crippen MR) is 254 cm³/mol. The number of carbonyl (C=O) groups excluding carboxylic acids is 2. The Bertz CT molecular complexity index is 1090. The fraction of sp³-hybridized carbons (Fsp3) is 0.882. The summed E-state index contributed by atoms with van der Waals surface area (Å²) in [5, 5.41) is 0. The van der Waals surface area contributed by atoms with Gasteiger partial charge in [-0.25, -0.2) is 0 Å². The second-order valence-electron chi connectivity index (χ2n) is 18.5. The number of ether oxygens (including phenoxy) is 2. The predicted octanol–water partition coefficient (Wildman–Crippen LogP) is 14.5. The lowest BCUT2D eigenvalue weighted by Gasteiger charge is -2.28. The minimum absolute atomic E-state index is 0.0282. The molecule has 0 aromatic rings. The van der Waals surface area contributed by atoms with Crippen LogP contribution in [0.5, 0.6) is 0 Å². The molecule has 9 nitrogen and oxygen atoms in total. The van der Waals surface area contributed by atoms with E-state index < -0.39 is 26.5 Å². The minimum atomic E-state index is -4.62. The third-order valence-electron chi connectivity index (χ3n) is 11.2. The van der Waals surface area contributed by atoms with Gasteiger partial charge in [-0.05, 0) is 44.9 Å². The van der Waals surface area contributed by atoms with E-state index in [9.17, 15) is 19.0 Å². The van der Waals surface area contributed by atoms with Crippen LogP contribution in [-0.4, -0.2) is 70.0 Å². The number of rotatable bonds is 47. The molecule has 2 unspecified atom stereocenters. The van der Waals surface area contributed by atoms with E-state index in [1.165, 1.54) is 167 Å². The van der Waals surface area contributed by atoms with Crippen LogP contribution in [0.3, 0.4) is 0 Å². The number of quaternary nitrogens is 1. The highest BCUT2D eigenvalue weighted by Crippen LogP contribution is 2.38. The number of hydrogen-bond acceptors (Lipinski definition) is 8. The summed E-state index contributed by atoms with van der Waals surface area (Å²) in [6.45, 7) is 4.23. The maximum absolute atomic E-state index is 12.7. The molecule has 2 atom stereocenters. The number of likely N-dealkylation sites (N-methyl/N-ethyl adjacent to an activating group) is 1. The average molecular weight is 884 g/mol. The van der Waals surface area contributed by atoms with Gasteiger partial charge in [0.25, 0.3) is 7.82 Å². The van der Waals surface area contributed by atoms with Gasteiger partial charge in [-0.1, -0.05) is 205 Å². The molecule has 0 heterocycles. The number of unbranched alkanes of at least 4 members (excludes halogenated alkanes) is 29. The van der Waals surface area contributed by atoms with E-state index in [0.29, 0.717) is 17.4 Å². The highest BCUT2D eigenvalue weighted by Gasteiger charge is 2.21. The number of carbonyl (C=O) groups is 2. The number of esters is 2. The summed E-state index contributed by atoms with van der Waals surface area (Å²) in [5.41, 5.74) is 0. The first kappa shape index (κ1) is 59.5. The van der Waals surface area contributed by atoms with Crippen molar-refractivity contribution in [3.05, 3.63) is 24.3 Å². The molecular formula is C51H98NO8P. The molecule has 0 saturated carbocycles. The lowest BCUT2D eigenvalue weighted by atomic mass is 10.0. The van der Waals surface area contributed by atoms with Crippen LogP contribution in [0.15, 0.2) is 24.3 Å². The van der Waals surface area contributed by atoms with Crippen molar-refractivity contribution in [2.75, 3.05) is 47.5 Å². The van der Waals surface area contributed by atoms with Crippen molar-refractivity contribution in [3.63, 3.8) is 0 Å². The molecular weight excluding hydrogens is 786 g/mol. The molecule has 0 radical (unpaired) electrons. The van der Waals surface area contributed by atoms with E-state index in [0.717, 1.165) is 38.5 Å². The van der Waals surface area contributed by atoms with Crippen molar-refractivity contribution in [3.8, 4) is 0 Å². The Morgan fingerprint density at radius 1 is 0.508 bits per heavy atom. The van der Waals surface area contributed by atoms with Crippen LogP contribution in [0.4, 0.5) is 0 Å². The zero-order chi connectivity index (χ0) is 45.0. The smallest absolute Gasteiger partial charge is 0.306 e. The van der Waals surface area contributed by atoms with Gasteiger partial charge in [0, 0.05) is 12.8 Å². The van der Waals surface area contributed by atoms with E-state index in [1.54, 1.807) is 0 Å². The van der Waals surface area contributed by atoms with Crippen LogP contribution in [-0.2, 0) is 32.7 Å². The lowest BCUT2D eigenvalue weighted by Crippen LogP contribution is -2.37. The first-order valence-electron chi connectivity index (χ1n) is 25.5. The van der Waals surface area contributed by atoms with Crippen LogP contribution < -0.4 is 4.89 Å². The van der Waals surface area contributed by atoms with Crippen LogP contribution in [0.2, 0.25) is 0 Å². The normalized spacial score (nSPS) is 13.6. The van der Waals surface area contributed by atoms with Gasteiger partial charge in [-0.3, -0.25) is 14.2 Å². The van der Waals surface area contributed by atoms with Crippen molar-refractivity contribution in [2.24, 2.45) is 0 Å². The van der Waals surface area contributed by atoms with Gasteiger partial charge in [0.1, 0.15) is 19.8 Å². The zero-order valence-electron chi connectivity index (χ0n) is 40.6. The van der Waals surface area contributed by atoms with Crippen molar-refractivity contribution < 1.29 is 42.1 Å². The molecule has 0 aliphatic rings. The number of nitrogens with zero attached hydrogens (tertiary/aromatic N) is 1. The number of allylic oxidation sites excluding steroid dienone is 4. The second-order valence-corrected chi connectivity index (χ2v) is 20.0. The Morgan fingerprint density at radius 2 is 0.885 bits per heavy atom. The highest BCUT2D eigenvalue weighted by atomic mass is 31.2. The Labute approximate surface area is 377 Å². The molecule has 0 bridgehead atoms. The van der Waals surface area contributed by atoms with Crippen LogP contribution in [0.1, 0.15) is 239 Å². The minimum Gasteiger partial charge on any atom is -0.756 e. The third kappa shape index (κ3) is 47.8.